The lowest BCUT2D eigenvalue weighted by molar-refractivity contribution is -0.135. The van der Waals surface area contributed by atoms with Crippen molar-refractivity contribution < 1.29 is 14.4 Å². The van der Waals surface area contributed by atoms with Crippen LogP contribution in [-0.2, 0) is 9.59 Å². The summed E-state index contributed by atoms with van der Waals surface area (Å²) in [6.45, 7) is 3.76. The number of amides is 4. The lowest BCUT2D eigenvalue weighted by Gasteiger charge is -2.21. The van der Waals surface area contributed by atoms with Crippen molar-refractivity contribution in [3.8, 4) is 0 Å². The van der Waals surface area contributed by atoms with E-state index in [9.17, 15) is 14.4 Å². The zero-order chi connectivity index (χ0) is 17.6. The third kappa shape index (κ3) is 4.71. The highest BCUT2D eigenvalue weighted by atomic mass is 16.2. The first-order chi connectivity index (χ1) is 11.5. The number of urea groups is 1. The standard InChI is InChI=1S/C18H31N3O3/c1-3-4-5-6-9-12-18(2)16(23)21(17(24)20-18)13-15(22)19-14-10-7-8-11-14/h14H,3-13H2,1-2H3,(H,19,22)(H,20,24)/t18-/m1/s1. The minimum Gasteiger partial charge on any atom is -0.352 e. The van der Waals surface area contributed by atoms with Gasteiger partial charge in [0.2, 0.25) is 5.91 Å². The Bertz CT molecular complexity index is 474. The van der Waals surface area contributed by atoms with Crippen LogP contribution in [0.4, 0.5) is 4.79 Å². The molecule has 2 rings (SSSR count). The summed E-state index contributed by atoms with van der Waals surface area (Å²) >= 11 is 0. The highest BCUT2D eigenvalue weighted by Crippen LogP contribution is 2.24. The molecule has 0 aromatic carbocycles. The van der Waals surface area contributed by atoms with Gasteiger partial charge in [0.05, 0.1) is 0 Å². The fourth-order valence-electron chi connectivity index (χ4n) is 3.63. The van der Waals surface area contributed by atoms with E-state index < -0.39 is 11.6 Å². The van der Waals surface area contributed by atoms with Crippen LogP contribution in [0, 0.1) is 0 Å². The van der Waals surface area contributed by atoms with Gasteiger partial charge in [-0.3, -0.25) is 14.5 Å². The van der Waals surface area contributed by atoms with E-state index in [1.807, 2.05) is 0 Å². The largest absolute Gasteiger partial charge is 0.352 e. The molecule has 0 unspecified atom stereocenters. The third-order valence-electron chi connectivity index (χ3n) is 5.15. The maximum atomic E-state index is 12.6. The number of hydrogen-bond donors (Lipinski definition) is 2. The van der Waals surface area contributed by atoms with Gasteiger partial charge in [-0.25, -0.2) is 4.79 Å². The molecule has 0 bridgehead atoms. The smallest absolute Gasteiger partial charge is 0.325 e. The zero-order valence-corrected chi connectivity index (χ0v) is 15.0. The fraction of sp³-hybridized carbons (Fsp3) is 0.833. The molecule has 1 atom stereocenters. The maximum Gasteiger partial charge on any atom is 0.325 e. The molecule has 2 aliphatic rings. The monoisotopic (exact) mass is 337 g/mol. The van der Waals surface area contributed by atoms with E-state index in [2.05, 4.69) is 17.6 Å². The predicted molar refractivity (Wildman–Crippen MR) is 92.4 cm³/mol. The summed E-state index contributed by atoms with van der Waals surface area (Å²) in [5.41, 5.74) is -0.864. The topological polar surface area (TPSA) is 78.5 Å². The first kappa shape index (κ1) is 18.7. The lowest BCUT2D eigenvalue weighted by atomic mass is 9.94. The summed E-state index contributed by atoms with van der Waals surface area (Å²) in [6, 6.07) is -0.249. The van der Waals surface area contributed by atoms with Gasteiger partial charge in [0.15, 0.2) is 0 Å². The molecule has 0 aromatic rings. The van der Waals surface area contributed by atoms with Crippen LogP contribution >= 0.6 is 0 Å². The third-order valence-corrected chi connectivity index (χ3v) is 5.15. The summed E-state index contributed by atoms with van der Waals surface area (Å²) in [6.07, 6.45) is 10.4. The van der Waals surface area contributed by atoms with Crippen molar-refractivity contribution in [2.24, 2.45) is 0 Å². The van der Waals surface area contributed by atoms with Crippen LogP contribution in [0.2, 0.25) is 0 Å². The molecule has 0 spiro atoms. The van der Waals surface area contributed by atoms with Crippen molar-refractivity contribution in [1.29, 1.82) is 0 Å². The first-order valence-electron chi connectivity index (χ1n) is 9.40. The van der Waals surface area contributed by atoms with Gasteiger partial charge in [-0.15, -0.1) is 0 Å². The van der Waals surface area contributed by atoms with E-state index in [1.54, 1.807) is 6.92 Å². The second-order valence-corrected chi connectivity index (χ2v) is 7.37. The summed E-state index contributed by atoms with van der Waals surface area (Å²) in [4.78, 5) is 37.9. The molecule has 1 heterocycles. The number of nitrogens with one attached hydrogen (secondary N) is 2. The summed E-state index contributed by atoms with van der Waals surface area (Å²) in [5.74, 6) is -0.512. The molecule has 1 aliphatic heterocycles. The zero-order valence-electron chi connectivity index (χ0n) is 15.0. The quantitative estimate of drug-likeness (QED) is 0.501. The van der Waals surface area contributed by atoms with E-state index in [4.69, 9.17) is 0 Å². The van der Waals surface area contributed by atoms with Crippen LogP contribution in [0.5, 0.6) is 0 Å². The number of unbranched alkanes of at least 4 members (excludes halogenated alkanes) is 4. The Balaban J connectivity index is 1.82. The minimum absolute atomic E-state index is 0.174. The second kappa shape index (κ2) is 8.49. The molecular formula is C18H31N3O3. The van der Waals surface area contributed by atoms with Crippen LogP contribution in [-0.4, -0.2) is 40.9 Å². The average Bonchev–Trinajstić information content (AvgIpc) is 3.10. The van der Waals surface area contributed by atoms with E-state index in [0.29, 0.717) is 6.42 Å². The summed E-state index contributed by atoms with van der Waals surface area (Å²) in [7, 11) is 0. The predicted octanol–water partition coefficient (Wildman–Crippen LogP) is 2.72. The minimum atomic E-state index is -0.864. The number of nitrogens with zero attached hydrogens (tertiary/aromatic N) is 1. The van der Waals surface area contributed by atoms with Gasteiger partial charge in [0, 0.05) is 6.04 Å². The van der Waals surface area contributed by atoms with Gasteiger partial charge >= 0.3 is 6.03 Å². The number of carbonyl (C=O) groups is 3. The number of hydrogen-bond acceptors (Lipinski definition) is 3. The fourth-order valence-corrected chi connectivity index (χ4v) is 3.63. The molecule has 0 radical (unpaired) electrons. The molecule has 6 nitrogen and oxygen atoms in total. The van der Waals surface area contributed by atoms with E-state index in [0.717, 1.165) is 49.8 Å². The molecule has 2 fully saturated rings. The Hall–Kier alpha value is -1.59. The van der Waals surface area contributed by atoms with Gasteiger partial charge in [-0.1, -0.05) is 51.9 Å². The number of rotatable bonds is 9. The molecular weight excluding hydrogens is 306 g/mol. The first-order valence-corrected chi connectivity index (χ1v) is 9.40. The SMILES string of the molecule is CCCCCCC[C@@]1(C)NC(=O)N(CC(=O)NC2CCCC2)C1=O. The average molecular weight is 337 g/mol. The highest BCUT2D eigenvalue weighted by molar-refractivity contribution is 6.08. The highest BCUT2D eigenvalue weighted by Gasteiger charge is 2.47. The Morgan fingerprint density at radius 3 is 2.54 bits per heavy atom. The van der Waals surface area contributed by atoms with Gasteiger partial charge in [-0.2, -0.15) is 0 Å². The van der Waals surface area contributed by atoms with Crippen LogP contribution < -0.4 is 10.6 Å². The second-order valence-electron chi connectivity index (χ2n) is 7.37. The Morgan fingerprint density at radius 2 is 1.88 bits per heavy atom. The molecule has 136 valence electrons. The summed E-state index contributed by atoms with van der Waals surface area (Å²) in [5, 5.41) is 5.71. The molecule has 1 aliphatic carbocycles. The normalized spacial score (nSPS) is 24.5. The lowest BCUT2D eigenvalue weighted by Crippen LogP contribution is -2.46. The van der Waals surface area contributed by atoms with E-state index in [-0.39, 0.29) is 24.4 Å². The molecule has 1 saturated heterocycles. The van der Waals surface area contributed by atoms with Crippen molar-refractivity contribution in [2.75, 3.05) is 6.54 Å². The van der Waals surface area contributed by atoms with Crippen molar-refractivity contribution >= 4 is 17.8 Å². The number of carbonyl (C=O) groups excluding carboxylic acids is 3. The van der Waals surface area contributed by atoms with Gasteiger partial charge in [0.1, 0.15) is 12.1 Å². The van der Waals surface area contributed by atoms with Crippen LogP contribution in [0.25, 0.3) is 0 Å². The van der Waals surface area contributed by atoms with Gasteiger partial charge < -0.3 is 10.6 Å². The van der Waals surface area contributed by atoms with Crippen LogP contribution in [0.15, 0.2) is 0 Å². The van der Waals surface area contributed by atoms with Crippen molar-refractivity contribution in [1.82, 2.24) is 15.5 Å². The van der Waals surface area contributed by atoms with Crippen LogP contribution in [0.3, 0.4) is 0 Å². The molecule has 6 heteroatoms. The van der Waals surface area contributed by atoms with Crippen molar-refractivity contribution in [3.05, 3.63) is 0 Å². The van der Waals surface area contributed by atoms with Crippen LogP contribution in [0.1, 0.15) is 78.1 Å². The summed E-state index contributed by atoms with van der Waals surface area (Å²) < 4.78 is 0. The Kier molecular flexibility index (Phi) is 6.63. The molecule has 24 heavy (non-hydrogen) atoms. The molecule has 4 amide bonds. The Morgan fingerprint density at radius 1 is 1.21 bits per heavy atom. The van der Waals surface area contributed by atoms with Gasteiger partial charge in [-0.05, 0) is 26.2 Å². The van der Waals surface area contributed by atoms with Crippen molar-refractivity contribution in [3.63, 3.8) is 0 Å². The molecule has 2 N–H and O–H groups in total. The van der Waals surface area contributed by atoms with Gasteiger partial charge in [0.25, 0.3) is 5.91 Å². The van der Waals surface area contributed by atoms with E-state index in [1.165, 1.54) is 12.8 Å². The molecule has 1 saturated carbocycles. The van der Waals surface area contributed by atoms with Crippen molar-refractivity contribution in [2.45, 2.75) is 89.6 Å². The van der Waals surface area contributed by atoms with E-state index >= 15 is 0 Å². The Labute approximate surface area is 144 Å². The maximum absolute atomic E-state index is 12.6. The molecule has 0 aromatic heterocycles. The number of imide groups is 1.